The summed E-state index contributed by atoms with van der Waals surface area (Å²) >= 11 is 0. The molecular formula is C12H14N4O3. The fraction of sp³-hybridized carbons (Fsp3) is 0.333. The number of oxazole rings is 1. The maximum absolute atomic E-state index is 8.68. The molecule has 0 spiro atoms. The first kappa shape index (κ1) is 11.8. The number of morpholine rings is 1. The summed E-state index contributed by atoms with van der Waals surface area (Å²) in [6.07, 6.45) is -0.450. The third-order valence-corrected chi connectivity index (χ3v) is 3.06. The molecule has 0 aliphatic carbocycles. The fourth-order valence-corrected chi connectivity index (χ4v) is 2.06. The number of rotatable bonds is 2. The van der Waals surface area contributed by atoms with Crippen molar-refractivity contribution in [2.24, 2.45) is 10.9 Å². The zero-order chi connectivity index (χ0) is 13.2. The van der Waals surface area contributed by atoms with Gasteiger partial charge in [-0.15, -0.1) is 0 Å². The van der Waals surface area contributed by atoms with E-state index in [1.165, 1.54) is 0 Å². The monoisotopic (exact) mass is 262 g/mol. The number of benzene rings is 1. The van der Waals surface area contributed by atoms with Crippen LogP contribution >= 0.6 is 0 Å². The van der Waals surface area contributed by atoms with Crippen LogP contribution in [-0.4, -0.2) is 41.8 Å². The van der Waals surface area contributed by atoms with Crippen molar-refractivity contribution < 1.29 is 14.4 Å². The first-order chi connectivity index (χ1) is 9.28. The number of hydrogen-bond donors (Lipinski definition) is 2. The molecule has 1 saturated heterocycles. The lowest BCUT2D eigenvalue weighted by Crippen LogP contribution is -2.48. The number of amidine groups is 1. The predicted molar refractivity (Wildman–Crippen MR) is 69.4 cm³/mol. The Labute approximate surface area is 109 Å². The minimum absolute atomic E-state index is 0.0563. The lowest BCUT2D eigenvalue weighted by molar-refractivity contribution is 0.0788. The lowest BCUT2D eigenvalue weighted by atomic mass is 10.2. The molecule has 0 radical (unpaired) electrons. The molecule has 2 heterocycles. The highest BCUT2D eigenvalue weighted by atomic mass is 16.5. The van der Waals surface area contributed by atoms with Gasteiger partial charge < -0.3 is 25.0 Å². The quantitative estimate of drug-likeness (QED) is 0.359. The average molecular weight is 262 g/mol. The molecule has 7 heteroatoms. The molecule has 1 aliphatic rings. The summed E-state index contributed by atoms with van der Waals surface area (Å²) < 4.78 is 11.1. The summed E-state index contributed by atoms with van der Waals surface area (Å²) in [5, 5.41) is 11.7. The van der Waals surface area contributed by atoms with Gasteiger partial charge in [0.25, 0.3) is 6.01 Å². The van der Waals surface area contributed by atoms with Crippen molar-refractivity contribution in [3.63, 3.8) is 0 Å². The summed E-state index contributed by atoms with van der Waals surface area (Å²) in [4.78, 5) is 6.34. The highest BCUT2D eigenvalue weighted by Crippen LogP contribution is 2.23. The van der Waals surface area contributed by atoms with Crippen LogP contribution in [0.3, 0.4) is 0 Å². The Hall–Kier alpha value is -2.28. The largest absolute Gasteiger partial charge is 0.423 e. The Morgan fingerprint density at radius 1 is 1.47 bits per heavy atom. The van der Waals surface area contributed by atoms with Crippen molar-refractivity contribution in [2.45, 2.75) is 6.10 Å². The molecule has 7 nitrogen and oxygen atoms in total. The molecule has 19 heavy (non-hydrogen) atoms. The molecule has 3 N–H and O–H groups in total. The predicted octanol–water partition coefficient (Wildman–Crippen LogP) is 0.779. The van der Waals surface area contributed by atoms with Gasteiger partial charge >= 0.3 is 0 Å². The molecule has 100 valence electrons. The second-order valence-electron chi connectivity index (χ2n) is 4.29. The highest BCUT2D eigenvalue weighted by molar-refractivity contribution is 5.85. The average Bonchev–Trinajstić information content (AvgIpc) is 2.90. The molecule has 0 saturated carbocycles. The summed E-state index contributed by atoms with van der Waals surface area (Å²) in [5.41, 5.74) is 7.11. The van der Waals surface area contributed by atoms with Gasteiger partial charge in [-0.25, -0.2) is 0 Å². The first-order valence-electron chi connectivity index (χ1n) is 5.97. The minimum Gasteiger partial charge on any atom is -0.423 e. The van der Waals surface area contributed by atoms with E-state index in [9.17, 15) is 0 Å². The summed E-state index contributed by atoms with van der Waals surface area (Å²) in [6.45, 7) is 1.57. The van der Waals surface area contributed by atoms with Crippen LogP contribution < -0.4 is 10.6 Å². The zero-order valence-corrected chi connectivity index (χ0v) is 10.2. The maximum Gasteiger partial charge on any atom is 0.298 e. The van der Waals surface area contributed by atoms with E-state index in [-0.39, 0.29) is 5.84 Å². The fourth-order valence-electron chi connectivity index (χ4n) is 2.06. The van der Waals surface area contributed by atoms with Crippen LogP contribution in [0, 0.1) is 0 Å². The van der Waals surface area contributed by atoms with Gasteiger partial charge in [0, 0.05) is 6.54 Å². The number of anilines is 1. The number of oxime groups is 1. The third-order valence-electron chi connectivity index (χ3n) is 3.06. The van der Waals surface area contributed by atoms with E-state index in [1.54, 1.807) is 0 Å². The molecule has 0 bridgehead atoms. The molecule has 1 unspecified atom stereocenters. The van der Waals surface area contributed by atoms with Crippen LogP contribution in [0.4, 0.5) is 6.01 Å². The van der Waals surface area contributed by atoms with Crippen molar-refractivity contribution in [3.8, 4) is 0 Å². The Kier molecular flexibility index (Phi) is 2.96. The van der Waals surface area contributed by atoms with Gasteiger partial charge in [0.15, 0.2) is 11.4 Å². The normalized spacial score (nSPS) is 20.9. The Balaban J connectivity index is 1.85. The number of nitrogens with two attached hydrogens (primary N) is 1. The topological polar surface area (TPSA) is 97.1 Å². The van der Waals surface area contributed by atoms with Gasteiger partial charge in [0.05, 0.1) is 13.2 Å². The van der Waals surface area contributed by atoms with E-state index in [0.29, 0.717) is 25.7 Å². The SMILES string of the molecule is NC(=NO)C1CN(c2nc3ccccc3o2)CCO1. The number of aromatic nitrogens is 1. The van der Waals surface area contributed by atoms with Crippen LogP contribution in [0.5, 0.6) is 0 Å². The van der Waals surface area contributed by atoms with E-state index in [1.807, 2.05) is 29.2 Å². The van der Waals surface area contributed by atoms with E-state index in [4.69, 9.17) is 20.1 Å². The summed E-state index contributed by atoms with van der Waals surface area (Å²) in [5.74, 6) is 0.0563. The van der Waals surface area contributed by atoms with E-state index in [2.05, 4.69) is 10.1 Å². The maximum atomic E-state index is 8.68. The molecule has 0 amide bonds. The van der Waals surface area contributed by atoms with Crippen LogP contribution in [0.1, 0.15) is 0 Å². The molecule has 1 aromatic heterocycles. The standard InChI is InChI=1S/C12H14N4O3/c13-11(15-17)10-7-16(5-6-18-10)12-14-8-3-1-2-4-9(8)19-12/h1-4,10,17H,5-7H2,(H2,13,15). The molecular weight excluding hydrogens is 248 g/mol. The third kappa shape index (κ3) is 2.19. The van der Waals surface area contributed by atoms with Crippen molar-refractivity contribution in [1.82, 2.24) is 4.98 Å². The second kappa shape index (κ2) is 4.77. The minimum atomic E-state index is -0.450. The number of ether oxygens (including phenoxy) is 1. The lowest BCUT2D eigenvalue weighted by Gasteiger charge is -2.30. The number of fused-ring (bicyclic) bond motifs is 1. The molecule has 2 aromatic rings. The van der Waals surface area contributed by atoms with Gasteiger partial charge in [-0.2, -0.15) is 4.98 Å². The Morgan fingerprint density at radius 3 is 3.11 bits per heavy atom. The van der Waals surface area contributed by atoms with Gasteiger partial charge in [-0.05, 0) is 12.1 Å². The van der Waals surface area contributed by atoms with Gasteiger partial charge in [-0.1, -0.05) is 17.3 Å². The van der Waals surface area contributed by atoms with Crippen LogP contribution in [0.15, 0.2) is 33.8 Å². The van der Waals surface area contributed by atoms with Crippen molar-refractivity contribution in [2.75, 3.05) is 24.6 Å². The molecule has 1 fully saturated rings. The van der Waals surface area contributed by atoms with E-state index in [0.717, 1.165) is 11.1 Å². The molecule has 1 aliphatic heterocycles. The van der Waals surface area contributed by atoms with Gasteiger partial charge in [0.2, 0.25) is 0 Å². The van der Waals surface area contributed by atoms with Crippen LogP contribution in [0.2, 0.25) is 0 Å². The first-order valence-corrected chi connectivity index (χ1v) is 5.97. The highest BCUT2D eigenvalue weighted by Gasteiger charge is 2.26. The van der Waals surface area contributed by atoms with Crippen LogP contribution in [0.25, 0.3) is 11.1 Å². The smallest absolute Gasteiger partial charge is 0.298 e. The number of para-hydroxylation sites is 2. The Bertz CT molecular complexity index is 577. The number of nitrogens with zero attached hydrogens (tertiary/aromatic N) is 3. The second-order valence-corrected chi connectivity index (χ2v) is 4.29. The van der Waals surface area contributed by atoms with Crippen molar-refractivity contribution >= 4 is 22.9 Å². The van der Waals surface area contributed by atoms with E-state index < -0.39 is 6.10 Å². The van der Waals surface area contributed by atoms with Crippen molar-refractivity contribution in [1.29, 1.82) is 0 Å². The molecule has 1 atom stereocenters. The van der Waals surface area contributed by atoms with Gasteiger partial charge in [0.1, 0.15) is 11.6 Å². The molecule has 1 aromatic carbocycles. The Morgan fingerprint density at radius 2 is 2.32 bits per heavy atom. The van der Waals surface area contributed by atoms with E-state index >= 15 is 0 Å². The summed E-state index contributed by atoms with van der Waals surface area (Å²) in [7, 11) is 0. The van der Waals surface area contributed by atoms with Crippen LogP contribution in [-0.2, 0) is 4.74 Å². The number of hydrogen-bond acceptors (Lipinski definition) is 6. The zero-order valence-electron chi connectivity index (χ0n) is 10.2. The van der Waals surface area contributed by atoms with Crippen molar-refractivity contribution in [3.05, 3.63) is 24.3 Å². The molecule has 3 rings (SSSR count). The van der Waals surface area contributed by atoms with Gasteiger partial charge in [-0.3, -0.25) is 0 Å². The summed E-state index contributed by atoms with van der Waals surface area (Å²) in [6, 6.07) is 8.10.